The first-order valence-electron chi connectivity index (χ1n) is 5.70. The number of sulfonamides is 1. The minimum atomic E-state index is -3.40. The third-order valence-electron chi connectivity index (χ3n) is 2.56. The normalized spacial score (nSPS) is 12.1. The molecule has 0 saturated heterocycles. The van der Waals surface area contributed by atoms with E-state index in [0.717, 1.165) is 11.1 Å². The van der Waals surface area contributed by atoms with Crippen molar-refractivity contribution in [3.05, 3.63) is 29.3 Å². The van der Waals surface area contributed by atoms with Crippen molar-refractivity contribution < 1.29 is 8.42 Å². The molecule has 17 heavy (non-hydrogen) atoms. The second-order valence-electron chi connectivity index (χ2n) is 4.11. The van der Waals surface area contributed by atoms with Gasteiger partial charge in [-0.3, -0.25) is 0 Å². The fourth-order valence-electron chi connectivity index (χ4n) is 1.82. The Morgan fingerprint density at radius 1 is 1.18 bits per heavy atom. The van der Waals surface area contributed by atoms with Gasteiger partial charge in [-0.25, -0.2) is 8.42 Å². The molecule has 0 aromatic heterocycles. The molecule has 5 heteroatoms. The molecule has 0 aliphatic rings. The van der Waals surface area contributed by atoms with Crippen molar-refractivity contribution in [3.63, 3.8) is 0 Å². The van der Waals surface area contributed by atoms with E-state index in [1.165, 1.54) is 4.31 Å². The zero-order chi connectivity index (χ0) is 13.1. The van der Waals surface area contributed by atoms with Gasteiger partial charge in [0.05, 0.1) is 4.90 Å². The first-order chi connectivity index (χ1) is 7.91. The zero-order valence-electron chi connectivity index (χ0n) is 10.6. The Morgan fingerprint density at radius 2 is 1.71 bits per heavy atom. The van der Waals surface area contributed by atoms with E-state index in [4.69, 9.17) is 5.73 Å². The highest BCUT2D eigenvalue weighted by atomic mass is 32.2. The number of nitrogens with two attached hydrogens (primary N) is 1. The molecule has 0 heterocycles. The predicted octanol–water partition coefficient (Wildman–Crippen LogP) is 1.27. The third kappa shape index (κ3) is 3.28. The van der Waals surface area contributed by atoms with Crippen LogP contribution in [0.15, 0.2) is 23.1 Å². The standard InChI is InChI=1S/C12H20N2O2S/c1-4-14(6-5-13)17(15,16)12-8-10(2)7-11(3)9-12/h7-9H,4-6,13H2,1-3H3. The van der Waals surface area contributed by atoms with Gasteiger partial charge in [0.1, 0.15) is 0 Å². The number of hydrogen-bond acceptors (Lipinski definition) is 3. The van der Waals surface area contributed by atoms with Gasteiger partial charge in [0.25, 0.3) is 0 Å². The molecule has 0 atom stereocenters. The molecule has 0 amide bonds. The largest absolute Gasteiger partial charge is 0.329 e. The lowest BCUT2D eigenvalue weighted by Crippen LogP contribution is -2.35. The Bertz CT molecular complexity index is 463. The molecule has 96 valence electrons. The molecule has 1 aromatic rings. The van der Waals surface area contributed by atoms with Crippen molar-refractivity contribution in [3.8, 4) is 0 Å². The van der Waals surface area contributed by atoms with E-state index in [1.807, 2.05) is 26.8 Å². The van der Waals surface area contributed by atoms with Crippen LogP contribution >= 0.6 is 0 Å². The van der Waals surface area contributed by atoms with Crippen molar-refractivity contribution in [2.75, 3.05) is 19.6 Å². The van der Waals surface area contributed by atoms with Crippen LogP contribution in [0.2, 0.25) is 0 Å². The fourth-order valence-corrected chi connectivity index (χ4v) is 3.48. The molecule has 1 aromatic carbocycles. The summed E-state index contributed by atoms with van der Waals surface area (Å²) in [5, 5.41) is 0. The Balaban J connectivity index is 3.20. The Kier molecular flexibility index (Phi) is 4.68. The molecular weight excluding hydrogens is 236 g/mol. The highest BCUT2D eigenvalue weighted by Crippen LogP contribution is 2.18. The van der Waals surface area contributed by atoms with Crippen molar-refractivity contribution in [2.24, 2.45) is 5.73 Å². The molecule has 2 N–H and O–H groups in total. The summed E-state index contributed by atoms with van der Waals surface area (Å²) < 4.78 is 26.1. The smallest absolute Gasteiger partial charge is 0.243 e. The second kappa shape index (κ2) is 5.62. The lowest BCUT2D eigenvalue weighted by molar-refractivity contribution is 0.435. The van der Waals surface area contributed by atoms with E-state index in [0.29, 0.717) is 24.5 Å². The fraction of sp³-hybridized carbons (Fsp3) is 0.500. The molecule has 0 bridgehead atoms. The maximum atomic E-state index is 12.3. The van der Waals surface area contributed by atoms with Gasteiger partial charge in [-0.05, 0) is 37.1 Å². The van der Waals surface area contributed by atoms with Crippen LogP contribution in [0, 0.1) is 13.8 Å². The third-order valence-corrected chi connectivity index (χ3v) is 4.52. The van der Waals surface area contributed by atoms with Crippen molar-refractivity contribution in [1.82, 2.24) is 4.31 Å². The van der Waals surface area contributed by atoms with Crippen LogP contribution < -0.4 is 5.73 Å². The summed E-state index contributed by atoms with van der Waals surface area (Å²) >= 11 is 0. The molecule has 1 rings (SSSR count). The van der Waals surface area contributed by atoms with Gasteiger partial charge in [0, 0.05) is 19.6 Å². The van der Waals surface area contributed by atoms with Gasteiger partial charge < -0.3 is 5.73 Å². The molecule has 0 fully saturated rings. The molecule has 0 saturated carbocycles. The SMILES string of the molecule is CCN(CCN)S(=O)(=O)c1cc(C)cc(C)c1. The summed E-state index contributed by atoms with van der Waals surface area (Å²) in [6, 6.07) is 5.35. The molecule has 0 unspecified atom stereocenters. The molecule has 0 radical (unpaired) electrons. The van der Waals surface area contributed by atoms with E-state index < -0.39 is 10.0 Å². The summed E-state index contributed by atoms with van der Waals surface area (Å²) in [5.74, 6) is 0. The average molecular weight is 256 g/mol. The summed E-state index contributed by atoms with van der Waals surface area (Å²) in [7, 11) is -3.40. The summed E-state index contributed by atoms with van der Waals surface area (Å²) in [6.45, 7) is 6.72. The summed E-state index contributed by atoms with van der Waals surface area (Å²) in [6.07, 6.45) is 0. The average Bonchev–Trinajstić information content (AvgIpc) is 2.24. The monoisotopic (exact) mass is 256 g/mol. The highest BCUT2D eigenvalue weighted by Gasteiger charge is 2.22. The molecule has 0 aliphatic heterocycles. The summed E-state index contributed by atoms with van der Waals surface area (Å²) in [5.41, 5.74) is 7.34. The number of nitrogens with zero attached hydrogens (tertiary/aromatic N) is 1. The first-order valence-corrected chi connectivity index (χ1v) is 7.14. The van der Waals surface area contributed by atoms with Gasteiger partial charge in [-0.15, -0.1) is 0 Å². The maximum Gasteiger partial charge on any atom is 0.243 e. The van der Waals surface area contributed by atoms with E-state index in [1.54, 1.807) is 12.1 Å². The van der Waals surface area contributed by atoms with Crippen molar-refractivity contribution >= 4 is 10.0 Å². The number of likely N-dealkylation sites (N-methyl/N-ethyl adjacent to an activating group) is 1. The van der Waals surface area contributed by atoms with Crippen LogP contribution in [0.3, 0.4) is 0 Å². The number of aryl methyl sites for hydroxylation is 2. The Morgan fingerprint density at radius 3 is 2.12 bits per heavy atom. The van der Waals surface area contributed by atoms with Crippen molar-refractivity contribution in [1.29, 1.82) is 0 Å². The number of hydrogen-bond donors (Lipinski definition) is 1. The topological polar surface area (TPSA) is 63.4 Å². The minimum absolute atomic E-state index is 0.331. The predicted molar refractivity (Wildman–Crippen MR) is 69.4 cm³/mol. The van der Waals surface area contributed by atoms with Crippen LogP contribution in [0.4, 0.5) is 0 Å². The molecule has 0 aliphatic carbocycles. The van der Waals surface area contributed by atoms with Crippen LogP contribution in [-0.4, -0.2) is 32.4 Å². The van der Waals surface area contributed by atoms with Crippen LogP contribution in [-0.2, 0) is 10.0 Å². The van der Waals surface area contributed by atoms with Gasteiger partial charge in [-0.1, -0.05) is 13.0 Å². The Labute approximate surface area is 103 Å². The maximum absolute atomic E-state index is 12.3. The van der Waals surface area contributed by atoms with E-state index >= 15 is 0 Å². The summed E-state index contributed by atoms with van der Waals surface area (Å²) in [4.78, 5) is 0.352. The van der Waals surface area contributed by atoms with E-state index in [-0.39, 0.29) is 0 Å². The Hall–Kier alpha value is -0.910. The van der Waals surface area contributed by atoms with Gasteiger partial charge in [0.2, 0.25) is 10.0 Å². The second-order valence-corrected chi connectivity index (χ2v) is 6.05. The van der Waals surface area contributed by atoms with Gasteiger partial charge in [-0.2, -0.15) is 4.31 Å². The number of rotatable bonds is 5. The molecular formula is C12H20N2O2S. The zero-order valence-corrected chi connectivity index (χ0v) is 11.4. The number of benzene rings is 1. The van der Waals surface area contributed by atoms with Crippen LogP contribution in [0.1, 0.15) is 18.1 Å². The first kappa shape index (κ1) is 14.2. The lowest BCUT2D eigenvalue weighted by atomic mass is 10.2. The molecule has 0 spiro atoms. The molecule has 4 nitrogen and oxygen atoms in total. The van der Waals surface area contributed by atoms with Crippen LogP contribution in [0.25, 0.3) is 0 Å². The van der Waals surface area contributed by atoms with Crippen molar-refractivity contribution in [2.45, 2.75) is 25.7 Å². The highest BCUT2D eigenvalue weighted by molar-refractivity contribution is 7.89. The van der Waals surface area contributed by atoms with E-state index in [2.05, 4.69) is 0 Å². The van der Waals surface area contributed by atoms with Crippen LogP contribution in [0.5, 0.6) is 0 Å². The van der Waals surface area contributed by atoms with Gasteiger partial charge in [0.15, 0.2) is 0 Å². The van der Waals surface area contributed by atoms with E-state index in [9.17, 15) is 8.42 Å². The minimum Gasteiger partial charge on any atom is -0.329 e. The lowest BCUT2D eigenvalue weighted by Gasteiger charge is -2.20. The van der Waals surface area contributed by atoms with Gasteiger partial charge >= 0.3 is 0 Å². The quantitative estimate of drug-likeness (QED) is 0.863.